The molecule has 0 nitrogen and oxygen atoms in total. The summed E-state index contributed by atoms with van der Waals surface area (Å²) in [4.78, 5) is 0. The molecule has 41 heavy (non-hydrogen) atoms. The predicted molar refractivity (Wildman–Crippen MR) is 178 cm³/mol. The van der Waals surface area contributed by atoms with Gasteiger partial charge < -0.3 is 0 Å². The monoisotopic (exact) mass is 548 g/mol. The van der Waals surface area contributed by atoms with Crippen molar-refractivity contribution in [1.82, 2.24) is 0 Å². The van der Waals surface area contributed by atoms with Gasteiger partial charge in [0.15, 0.2) is 0 Å². The SMILES string of the molecule is CC(C)(C)C1=CC(C(C)(C)C2CC(C)(C)c3cc4c(cc3C2(C)C)Cc2cc3c(cc2-4)C(C)(C)CCC3(C)C)C=C1. The van der Waals surface area contributed by atoms with E-state index in [1.54, 1.807) is 33.4 Å². The Hall–Kier alpha value is -2.08. The molecule has 0 bridgehead atoms. The van der Waals surface area contributed by atoms with Crippen molar-refractivity contribution in [2.75, 3.05) is 0 Å². The zero-order valence-corrected chi connectivity index (χ0v) is 28.5. The topological polar surface area (TPSA) is 0 Å². The first-order valence-corrected chi connectivity index (χ1v) is 16.4. The van der Waals surface area contributed by atoms with Gasteiger partial charge in [-0.3, -0.25) is 0 Å². The summed E-state index contributed by atoms with van der Waals surface area (Å²) >= 11 is 0. The molecule has 4 aliphatic rings. The summed E-state index contributed by atoms with van der Waals surface area (Å²) in [5.41, 5.74) is 15.1. The molecule has 0 aromatic heterocycles. The van der Waals surface area contributed by atoms with E-state index >= 15 is 0 Å². The minimum absolute atomic E-state index is 0.105. The van der Waals surface area contributed by atoms with Crippen LogP contribution in [0.4, 0.5) is 0 Å². The van der Waals surface area contributed by atoms with Crippen LogP contribution in [0.15, 0.2) is 48.1 Å². The molecule has 6 rings (SSSR count). The van der Waals surface area contributed by atoms with Gasteiger partial charge in [-0.05, 0) is 114 Å². The Bertz CT molecular complexity index is 1490. The molecule has 0 N–H and O–H groups in total. The zero-order valence-electron chi connectivity index (χ0n) is 28.5. The lowest BCUT2D eigenvalue weighted by Crippen LogP contribution is -2.49. The van der Waals surface area contributed by atoms with Crippen LogP contribution in [0.2, 0.25) is 0 Å². The van der Waals surface area contributed by atoms with Crippen molar-refractivity contribution in [3.63, 3.8) is 0 Å². The normalized spacial score (nSPS) is 26.6. The molecule has 0 amide bonds. The number of hydrogen-bond acceptors (Lipinski definition) is 0. The van der Waals surface area contributed by atoms with Crippen LogP contribution in [0.5, 0.6) is 0 Å². The van der Waals surface area contributed by atoms with Crippen LogP contribution in [0.3, 0.4) is 0 Å². The molecule has 0 saturated heterocycles. The van der Waals surface area contributed by atoms with Gasteiger partial charge >= 0.3 is 0 Å². The molecule has 2 aromatic carbocycles. The standard InChI is InChI=1S/C41H56/c1-36(2,3)27-14-15-28(21-27)40(10,11)35-24-39(8,9)33-23-30-26(20-34(33)41(35,12)13)18-25-19-31-32(22-29(25)30)38(6,7)17-16-37(31,4)5/h14-15,19-23,28,35H,16-18,24H2,1-13H3. The Balaban J connectivity index is 1.45. The van der Waals surface area contributed by atoms with Gasteiger partial charge in [0.25, 0.3) is 0 Å². The molecular weight excluding hydrogens is 492 g/mol. The van der Waals surface area contributed by atoms with E-state index in [0.717, 1.165) is 6.42 Å². The highest BCUT2D eigenvalue weighted by atomic mass is 14.6. The second-order valence-electron chi connectivity index (χ2n) is 18.5. The van der Waals surface area contributed by atoms with Crippen molar-refractivity contribution < 1.29 is 0 Å². The fourth-order valence-electron chi connectivity index (χ4n) is 9.36. The van der Waals surface area contributed by atoms with Crippen molar-refractivity contribution in [3.8, 4) is 11.1 Å². The first-order valence-electron chi connectivity index (χ1n) is 16.4. The molecule has 0 heterocycles. The summed E-state index contributed by atoms with van der Waals surface area (Å²) in [6.07, 6.45) is 12.3. The van der Waals surface area contributed by atoms with E-state index < -0.39 is 0 Å². The lowest BCUT2D eigenvalue weighted by molar-refractivity contribution is 0.0590. The fraction of sp³-hybridized carbons (Fsp3) is 0.610. The maximum Gasteiger partial charge on any atom is 0.000997 e. The molecule has 0 spiro atoms. The van der Waals surface area contributed by atoms with E-state index in [1.807, 2.05) is 0 Å². The van der Waals surface area contributed by atoms with Crippen molar-refractivity contribution in [1.29, 1.82) is 0 Å². The van der Waals surface area contributed by atoms with Gasteiger partial charge in [-0.2, -0.15) is 0 Å². The summed E-state index contributed by atoms with van der Waals surface area (Å²) in [5.74, 6) is 1.06. The highest BCUT2D eigenvalue weighted by Crippen LogP contribution is 2.60. The molecule has 4 aliphatic carbocycles. The minimum atomic E-state index is 0.105. The van der Waals surface area contributed by atoms with Gasteiger partial charge in [0.1, 0.15) is 0 Å². The smallest absolute Gasteiger partial charge is 0.000997 e. The Labute approximate surface area is 252 Å². The molecule has 2 atom stereocenters. The largest absolute Gasteiger partial charge is 0.0768 e. The van der Waals surface area contributed by atoms with Crippen LogP contribution in [0, 0.1) is 22.7 Å². The second-order valence-corrected chi connectivity index (χ2v) is 18.5. The highest BCUT2D eigenvalue weighted by molar-refractivity contribution is 5.80. The number of benzene rings is 2. The number of fused-ring (bicyclic) bond motifs is 5. The van der Waals surface area contributed by atoms with E-state index in [1.165, 1.54) is 36.0 Å². The van der Waals surface area contributed by atoms with Gasteiger partial charge in [-0.1, -0.05) is 133 Å². The predicted octanol–water partition coefficient (Wildman–Crippen LogP) is 11.4. The first kappa shape index (κ1) is 29.0. The summed E-state index contributed by atoms with van der Waals surface area (Å²) in [7, 11) is 0. The zero-order chi connectivity index (χ0) is 30.1. The van der Waals surface area contributed by atoms with E-state index in [9.17, 15) is 0 Å². The lowest BCUT2D eigenvalue weighted by Gasteiger charge is -2.55. The molecule has 0 heteroatoms. The summed E-state index contributed by atoms with van der Waals surface area (Å²) < 4.78 is 0. The third-order valence-electron chi connectivity index (χ3n) is 12.5. The highest BCUT2D eigenvalue weighted by Gasteiger charge is 2.52. The maximum atomic E-state index is 2.66. The molecule has 0 radical (unpaired) electrons. The minimum Gasteiger partial charge on any atom is -0.0768 e. The molecule has 220 valence electrons. The third-order valence-corrected chi connectivity index (χ3v) is 12.5. The van der Waals surface area contributed by atoms with Crippen LogP contribution < -0.4 is 0 Å². The van der Waals surface area contributed by atoms with Crippen LogP contribution in [0.1, 0.15) is 143 Å². The van der Waals surface area contributed by atoms with E-state index in [2.05, 4.69) is 133 Å². The molecule has 0 fully saturated rings. The Kier molecular flexibility index (Phi) is 6.02. The van der Waals surface area contributed by atoms with Crippen LogP contribution in [-0.4, -0.2) is 0 Å². The number of allylic oxidation sites excluding steroid dienone is 4. The molecule has 2 unspecified atom stereocenters. The van der Waals surface area contributed by atoms with Crippen LogP contribution >= 0.6 is 0 Å². The lowest BCUT2D eigenvalue weighted by atomic mass is 9.49. The van der Waals surface area contributed by atoms with Crippen molar-refractivity contribution in [2.24, 2.45) is 22.7 Å². The summed E-state index contributed by atoms with van der Waals surface area (Å²) in [5, 5.41) is 0. The van der Waals surface area contributed by atoms with Crippen molar-refractivity contribution >= 4 is 0 Å². The third kappa shape index (κ3) is 4.28. The van der Waals surface area contributed by atoms with Crippen molar-refractivity contribution in [2.45, 2.75) is 137 Å². The average Bonchev–Trinajstić information content (AvgIpc) is 3.49. The van der Waals surface area contributed by atoms with Gasteiger partial charge in [0.2, 0.25) is 0 Å². The van der Waals surface area contributed by atoms with Crippen molar-refractivity contribution in [3.05, 3.63) is 81.4 Å². The molecule has 2 aromatic rings. The van der Waals surface area contributed by atoms with Gasteiger partial charge in [0, 0.05) is 5.92 Å². The number of rotatable bonds is 2. The van der Waals surface area contributed by atoms with Crippen LogP contribution in [-0.2, 0) is 28.1 Å². The Morgan fingerprint density at radius 1 is 0.634 bits per heavy atom. The van der Waals surface area contributed by atoms with E-state index in [0.29, 0.717) is 11.8 Å². The van der Waals surface area contributed by atoms with Gasteiger partial charge in [0.05, 0.1) is 0 Å². The van der Waals surface area contributed by atoms with Gasteiger partial charge in [-0.15, -0.1) is 0 Å². The van der Waals surface area contributed by atoms with E-state index in [-0.39, 0.29) is 32.5 Å². The second kappa shape index (κ2) is 8.51. The Morgan fingerprint density at radius 3 is 1.63 bits per heavy atom. The molecule has 0 saturated carbocycles. The Morgan fingerprint density at radius 2 is 1.12 bits per heavy atom. The summed E-state index contributed by atoms with van der Waals surface area (Å²) in [6.45, 7) is 32.1. The van der Waals surface area contributed by atoms with Crippen LogP contribution in [0.25, 0.3) is 11.1 Å². The molecular formula is C41H56. The summed E-state index contributed by atoms with van der Waals surface area (Å²) in [6, 6.07) is 10.5. The van der Waals surface area contributed by atoms with Gasteiger partial charge in [-0.25, -0.2) is 0 Å². The number of hydrogen-bond donors (Lipinski definition) is 0. The fourth-order valence-corrected chi connectivity index (χ4v) is 9.36. The first-order chi connectivity index (χ1) is 18.7. The average molecular weight is 549 g/mol. The maximum absolute atomic E-state index is 2.66. The van der Waals surface area contributed by atoms with E-state index in [4.69, 9.17) is 0 Å². The quantitative estimate of drug-likeness (QED) is 0.299. The molecule has 0 aliphatic heterocycles.